The summed E-state index contributed by atoms with van der Waals surface area (Å²) in [5.41, 5.74) is 2.74. The monoisotopic (exact) mass is 319 g/mol. The summed E-state index contributed by atoms with van der Waals surface area (Å²) < 4.78 is 5.46. The molecule has 3 aromatic rings. The van der Waals surface area contributed by atoms with Crippen molar-refractivity contribution in [3.63, 3.8) is 0 Å². The average molecular weight is 319 g/mol. The highest BCUT2D eigenvalue weighted by molar-refractivity contribution is 5.92. The van der Waals surface area contributed by atoms with Gasteiger partial charge in [-0.3, -0.25) is 9.59 Å². The first-order valence-electron chi connectivity index (χ1n) is 7.65. The molecule has 0 radical (unpaired) electrons. The molecule has 0 aliphatic carbocycles. The quantitative estimate of drug-likeness (QED) is 0.750. The molecule has 4 nitrogen and oxygen atoms in total. The van der Waals surface area contributed by atoms with E-state index < -0.39 is 0 Å². The SMILES string of the molecule is Cc1ccc2occ(/C=C/C(=O)NCc3ccccc3)c(=O)c2c1. The van der Waals surface area contributed by atoms with E-state index in [0.717, 1.165) is 11.1 Å². The summed E-state index contributed by atoms with van der Waals surface area (Å²) in [7, 11) is 0. The number of hydrogen-bond acceptors (Lipinski definition) is 3. The minimum Gasteiger partial charge on any atom is -0.463 e. The third-order valence-corrected chi connectivity index (χ3v) is 3.68. The van der Waals surface area contributed by atoms with Crippen molar-refractivity contribution in [1.29, 1.82) is 0 Å². The van der Waals surface area contributed by atoms with Gasteiger partial charge in [-0.2, -0.15) is 0 Å². The highest BCUT2D eigenvalue weighted by atomic mass is 16.3. The van der Waals surface area contributed by atoms with Gasteiger partial charge >= 0.3 is 0 Å². The predicted molar refractivity (Wildman–Crippen MR) is 94.5 cm³/mol. The molecule has 0 unspecified atom stereocenters. The van der Waals surface area contributed by atoms with Gasteiger partial charge in [-0.15, -0.1) is 0 Å². The van der Waals surface area contributed by atoms with Crippen molar-refractivity contribution in [1.82, 2.24) is 5.32 Å². The standard InChI is InChI=1S/C20H17NO3/c1-14-7-9-18-17(11-14)20(23)16(13-24-18)8-10-19(22)21-12-15-5-3-2-4-6-15/h2-11,13H,12H2,1H3,(H,21,22)/b10-8+. The third kappa shape index (κ3) is 3.60. The van der Waals surface area contributed by atoms with Crippen LogP contribution in [0.25, 0.3) is 17.0 Å². The molecule has 3 rings (SSSR count). The summed E-state index contributed by atoms with van der Waals surface area (Å²) in [5.74, 6) is -0.261. The molecule has 2 aromatic carbocycles. The Labute approximate surface area is 139 Å². The second-order valence-corrected chi connectivity index (χ2v) is 5.56. The third-order valence-electron chi connectivity index (χ3n) is 3.68. The zero-order valence-electron chi connectivity index (χ0n) is 13.3. The van der Waals surface area contributed by atoms with Crippen molar-refractivity contribution < 1.29 is 9.21 Å². The van der Waals surface area contributed by atoms with Crippen LogP contribution in [0.5, 0.6) is 0 Å². The van der Waals surface area contributed by atoms with E-state index in [4.69, 9.17) is 4.42 Å². The van der Waals surface area contributed by atoms with Crippen LogP contribution < -0.4 is 10.7 Å². The first-order valence-corrected chi connectivity index (χ1v) is 7.65. The van der Waals surface area contributed by atoms with Gasteiger partial charge in [0.05, 0.1) is 10.9 Å². The van der Waals surface area contributed by atoms with Crippen LogP contribution in [0.2, 0.25) is 0 Å². The fourth-order valence-corrected chi connectivity index (χ4v) is 2.38. The number of amides is 1. The molecule has 1 heterocycles. The summed E-state index contributed by atoms with van der Waals surface area (Å²) >= 11 is 0. The van der Waals surface area contributed by atoms with Crippen molar-refractivity contribution in [3.05, 3.63) is 87.8 Å². The zero-order valence-corrected chi connectivity index (χ0v) is 13.3. The van der Waals surface area contributed by atoms with Crippen LogP contribution in [0.3, 0.4) is 0 Å². The number of carbonyl (C=O) groups is 1. The number of fused-ring (bicyclic) bond motifs is 1. The molecule has 0 aliphatic heterocycles. The smallest absolute Gasteiger partial charge is 0.244 e. The Hall–Kier alpha value is -3.14. The van der Waals surface area contributed by atoms with E-state index in [-0.39, 0.29) is 11.3 Å². The van der Waals surface area contributed by atoms with E-state index in [1.165, 1.54) is 18.4 Å². The fraction of sp³-hybridized carbons (Fsp3) is 0.100. The fourth-order valence-electron chi connectivity index (χ4n) is 2.38. The van der Waals surface area contributed by atoms with E-state index >= 15 is 0 Å². The molecule has 0 atom stereocenters. The number of carbonyl (C=O) groups excluding carboxylic acids is 1. The van der Waals surface area contributed by atoms with Gasteiger partial charge in [-0.1, -0.05) is 42.0 Å². The molecule has 0 aliphatic rings. The van der Waals surface area contributed by atoms with Crippen LogP contribution in [0, 0.1) is 6.92 Å². The minimum atomic E-state index is -0.261. The van der Waals surface area contributed by atoms with Gasteiger partial charge in [0.2, 0.25) is 5.91 Å². The highest BCUT2D eigenvalue weighted by Crippen LogP contribution is 2.13. The van der Waals surface area contributed by atoms with Gasteiger partial charge in [-0.25, -0.2) is 0 Å². The van der Waals surface area contributed by atoms with E-state index in [9.17, 15) is 9.59 Å². The Morgan fingerprint density at radius 3 is 2.75 bits per heavy atom. The minimum absolute atomic E-state index is 0.146. The molecule has 0 saturated carbocycles. The molecule has 0 spiro atoms. The van der Waals surface area contributed by atoms with E-state index in [2.05, 4.69) is 5.32 Å². The van der Waals surface area contributed by atoms with Gasteiger partial charge in [0.1, 0.15) is 11.8 Å². The Morgan fingerprint density at radius 1 is 1.17 bits per heavy atom. The van der Waals surface area contributed by atoms with E-state index in [1.54, 1.807) is 12.1 Å². The topological polar surface area (TPSA) is 59.3 Å². The summed E-state index contributed by atoms with van der Waals surface area (Å²) in [6, 6.07) is 15.1. The molecular weight excluding hydrogens is 302 g/mol. The van der Waals surface area contributed by atoms with Crippen LogP contribution in [-0.2, 0) is 11.3 Å². The lowest BCUT2D eigenvalue weighted by Crippen LogP contribution is -2.20. The summed E-state index contributed by atoms with van der Waals surface area (Å²) in [6.07, 6.45) is 4.20. The molecule has 0 fully saturated rings. The van der Waals surface area contributed by atoms with Crippen molar-refractivity contribution in [2.45, 2.75) is 13.5 Å². The normalized spacial score (nSPS) is 11.0. The summed E-state index contributed by atoms with van der Waals surface area (Å²) in [4.78, 5) is 24.3. The molecular formula is C20H17NO3. The molecule has 0 bridgehead atoms. The Kier molecular flexibility index (Phi) is 4.57. The lowest BCUT2D eigenvalue weighted by Gasteiger charge is -2.02. The van der Waals surface area contributed by atoms with Crippen LogP contribution in [-0.4, -0.2) is 5.91 Å². The number of rotatable bonds is 4. The van der Waals surface area contributed by atoms with E-state index in [1.807, 2.05) is 43.3 Å². The van der Waals surface area contributed by atoms with Crippen LogP contribution >= 0.6 is 0 Å². The predicted octanol–water partition coefficient (Wildman–Crippen LogP) is 3.43. The number of benzene rings is 2. The molecule has 1 amide bonds. The van der Waals surface area contributed by atoms with Crippen molar-refractivity contribution in [2.75, 3.05) is 0 Å². The molecule has 1 N–H and O–H groups in total. The van der Waals surface area contributed by atoms with Gasteiger partial charge < -0.3 is 9.73 Å². The van der Waals surface area contributed by atoms with Crippen LogP contribution in [0.15, 0.2) is 70.1 Å². The number of hydrogen-bond donors (Lipinski definition) is 1. The molecule has 1 aromatic heterocycles. The van der Waals surface area contributed by atoms with E-state index in [0.29, 0.717) is 23.1 Å². The van der Waals surface area contributed by atoms with Gasteiger partial charge in [0.25, 0.3) is 0 Å². The average Bonchev–Trinajstić information content (AvgIpc) is 2.61. The molecule has 4 heteroatoms. The Bertz CT molecular complexity index is 956. The molecule has 120 valence electrons. The van der Waals surface area contributed by atoms with Crippen molar-refractivity contribution in [2.24, 2.45) is 0 Å². The van der Waals surface area contributed by atoms with Crippen LogP contribution in [0.1, 0.15) is 16.7 Å². The maximum Gasteiger partial charge on any atom is 0.244 e. The first-order chi connectivity index (χ1) is 11.6. The van der Waals surface area contributed by atoms with Gasteiger partial charge in [0.15, 0.2) is 5.43 Å². The number of aryl methyl sites for hydroxylation is 1. The Balaban J connectivity index is 1.74. The van der Waals surface area contributed by atoms with Crippen molar-refractivity contribution >= 4 is 23.0 Å². The second-order valence-electron chi connectivity index (χ2n) is 5.56. The maximum absolute atomic E-state index is 12.4. The van der Waals surface area contributed by atoms with Gasteiger partial charge in [-0.05, 0) is 30.7 Å². The largest absolute Gasteiger partial charge is 0.463 e. The van der Waals surface area contributed by atoms with Crippen LogP contribution in [0.4, 0.5) is 0 Å². The summed E-state index contributed by atoms with van der Waals surface area (Å²) in [6.45, 7) is 2.36. The highest BCUT2D eigenvalue weighted by Gasteiger charge is 2.05. The molecule has 24 heavy (non-hydrogen) atoms. The second kappa shape index (κ2) is 6.96. The lowest BCUT2D eigenvalue weighted by atomic mass is 10.1. The zero-order chi connectivity index (χ0) is 16.9. The maximum atomic E-state index is 12.4. The van der Waals surface area contributed by atoms with Gasteiger partial charge in [0, 0.05) is 12.6 Å². The lowest BCUT2D eigenvalue weighted by molar-refractivity contribution is -0.116. The summed E-state index contributed by atoms with van der Waals surface area (Å²) in [5, 5.41) is 3.29. The first kappa shape index (κ1) is 15.7. The number of nitrogens with one attached hydrogen (secondary N) is 1. The van der Waals surface area contributed by atoms with Crippen molar-refractivity contribution in [3.8, 4) is 0 Å². The Morgan fingerprint density at radius 2 is 1.96 bits per heavy atom. The molecule has 0 saturated heterocycles.